The van der Waals surface area contributed by atoms with E-state index < -0.39 is 17.2 Å². The van der Waals surface area contributed by atoms with Crippen molar-refractivity contribution in [3.63, 3.8) is 0 Å². The Morgan fingerprint density at radius 1 is 1.21 bits per heavy atom. The number of nitrogens with zero attached hydrogens (tertiary/aromatic N) is 1. The van der Waals surface area contributed by atoms with Crippen LogP contribution < -0.4 is 15.5 Å². The molecular weight excluding hydrogens is 422 g/mol. The van der Waals surface area contributed by atoms with Gasteiger partial charge in [0.25, 0.3) is 5.91 Å². The van der Waals surface area contributed by atoms with Crippen LogP contribution in [0.15, 0.2) is 36.4 Å². The molecule has 0 aliphatic carbocycles. The van der Waals surface area contributed by atoms with Gasteiger partial charge in [0.15, 0.2) is 0 Å². The third-order valence-corrected chi connectivity index (χ3v) is 5.90. The van der Waals surface area contributed by atoms with E-state index in [4.69, 9.17) is 9.47 Å². The second-order valence-corrected chi connectivity index (χ2v) is 9.54. The molecule has 33 heavy (non-hydrogen) atoms. The Balaban J connectivity index is 1.66. The fourth-order valence-corrected chi connectivity index (χ4v) is 4.08. The second-order valence-electron chi connectivity index (χ2n) is 9.54. The molecule has 2 aliphatic rings. The molecule has 1 saturated heterocycles. The summed E-state index contributed by atoms with van der Waals surface area (Å²) in [6.07, 6.45) is 4.75. The summed E-state index contributed by atoms with van der Waals surface area (Å²) in [5.74, 6) is -0.410. The Labute approximate surface area is 195 Å². The van der Waals surface area contributed by atoms with Gasteiger partial charge in [0.2, 0.25) is 5.91 Å². The van der Waals surface area contributed by atoms with E-state index in [0.717, 1.165) is 17.7 Å². The zero-order valence-electron chi connectivity index (χ0n) is 20.0. The van der Waals surface area contributed by atoms with Crippen molar-refractivity contribution in [3.05, 3.63) is 42.0 Å². The number of amides is 3. The summed E-state index contributed by atoms with van der Waals surface area (Å²) in [6, 6.07) is 7.53. The fraction of sp³-hybridized carbons (Fsp3) is 0.560. The van der Waals surface area contributed by atoms with Crippen LogP contribution >= 0.6 is 0 Å². The molecule has 0 radical (unpaired) electrons. The summed E-state index contributed by atoms with van der Waals surface area (Å²) in [4.78, 5) is 40.3. The number of anilines is 1. The van der Waals surface area contributed by atoms with Gasteiger partial charge < -0.3 is 25.0 Å². The average Bonchev–Trinajstić information content (AvgIpc) is 3.19. The highest BCUT2D eigenvalue weighted by Crippen LogP contribution is 2.27. The Hall–Kier alpha value is -2.87. The zero-order chi connectivity index (χ0) is 24.1. The predicted octanol–water partition coefficient (Wildman–Crippen LogP) is 3.10. The Morgan fingerprint density at radius 3 is 2.58 bits per heavy atom. The maximum atomic E-state index is 13.3. The molecule has 1 atom stereocenters. The van der Waals surface area contributed by atoms with Crippen molar-refractivity contribution in [1.82, 2.24) is 10.6 Å². The highest BCUT2D eigenvalue weighted by molar-refractivity contribution is 6.03. The summed E-state index contributed by atoms with van der Waals surface area (Å²) < 4.78 is 10.8. The number of rotatable bonds is 6. The molecule has 8 heteroatoms. The normalized spacial score (nSPS) is 18.5. The molecule has 0 spiro atoms. The number of benzene rings is 1. The molecule has 0 aromatic heterocycles. The van der Waals surface area contributed by atoms with Crippen molar-refractivity contribution in [2.24, 2.45) is 0 Å². The summed E-state index contributed by atoms with van der Waals surface area (Å²) in [5.41, 5.74) is 0.317. The Kier molecular flexibility index (Phi) is 7.79. The highest BCUT2D eigenvalue weighted by atomic mass is 16.6. The molecule has 2 heterocycles. The zero-order valence-corrected chi connectivity index (χ0v) is 20.0. The van der Waals surface area contributed by atoms with Crippen molar-refractivity contribution >= 4 is 23.6 Å². The van der Waals surface area contributed by atoms with Gasteiger partial charge in [-0.3, -0.25) is 9.59 Å². The van der Waals surface area contributed by atoms with Gasteiger partial charge in [0, 0.05) is 50.4 Å². The quantitative estimate of drug-likeness (QED) is 0.640. The van der Waals surface area contributed by atoms with Gasteiger partial charge in [0.1, 0.15) is 11.1 Å². The van der Waals surface area contributed by atoms with Gasteiger partial charge in [-0.1, -0.05) is 31.2 Å². The van der Waals surface area contributed by atoms with Crippen LogP contribution in [0.5, 0.6) is 0 Å². The van der Waals surface area contributed by atoms with E-state index in [-0.39, 0.29) is 17.9 Å². The molecule has 3 rings (SSSR count). The molecule has 0 bridgehead atoms. The minimum absolute atomic E-state index is 0.111. The summed E-state index contributed by atoms with van der Waals surface area (Å²) in [5, 5.41) is 5.77. The molecule has 0 saturated carbocycles. The monoisotopic (exact) mass is 457 g/mol. The van der Waals surface area contributed by atoms with Crippen LogP contribution in [0.1, 0.15) is 52.5 Å². The molecule has 180 valence electrons. The van der Waals surface area contributed by atoms with Crippen LogP contribution in [0.25, 0.3) is 0 Å². The third-order valence-electron chi connectivity index (χ3n) is 5.90. The van der Waals surface area contributed by atoms with Gasteiger partial charge in [0.05, 0.1) is 0 Å². The number of hydrogen-bond acceptors (Lipinski definition) is 5. The van der Waals surface area contributed by atoms with Crippen LogP contribution in [-0.4, -0.2) is 54.8 Å². The first-order valence-corrected chi connectivity index (χ1v) is 11.6. The number of para-hydroxylation sites is 1. The van der Waals surface area contributed by atoms with E-state index in [1.807, 2.05) is 31.2 Å². The SMILES string of the molecule is CCC(C=CC(=O)N1CCc2ccccc21)NC(=O)C1(NC(=O)OC(C)(C)C)CCOCC1. The number of carbonyl (C=O) groups excluding carboxylic acids is 3. The molecule has 2 N–H and O–H groups in total. The lowest BCUT2D eigenvalue weighted by molar-refractivity contribution is -0.132. The van der Waals surface area contributed by atoms with Crippen molar-refractivity contribution < 1.29 is 23.9 Å². The van der Waals surface area contributed by atoms with Crippen LogP contribution in [0.2, 0.25) is 0 Å². The molecule has 2 aliphatic heterocycles. The van der Waals surface area contributed by atoms with Gasteiger partial charge in [-0.05, 0) is 45.2 Å². The van der Waals surface area contributed by atoms with Crippen LogP contribution in [0, 0.1) is 0 Å². The summed E-state index contributed by atoms with van der Waals surface area (Å²) >= 11 is 0. The maximum absolute atomic E-state index is 13.3. The number of nitrogens with one attached hydrogen (secondary N) is 2. The molecule has 3 amide bonds. The van der Waals surface area contributed by atoms with Crippen molar-refractivity contribution in [3.8, 4) is 0 Å². The molecule has 1 aromatic carbocycles. The van der Waals surface area contributed by atoms with E-state index in [1.165, 1.54) is 6.08 Å². The third kappa shape index (κ3) is 6.35. The maximum Gasteiger partial charge on any atom is 0.408 e. The first-order chi connectivity index (χ1) is 15.6. The van der Waals surface area contributed by atoms with E-state index in [9.17, 15) is 14.4 Å². The number of alkyl carbamates (subject to hydrolysis) is 1. The standard InChI is InChI=1S/C25H35N3O5/c1-5-19(10-11-21(29)28-15-12-18-8-6-7-9-20(18)28)26-22(30)25(13-16-32-17-14-25)27-23(31)33-24(2,3)4/h6-11,19H,5,12-17H2,1-4H3,(H,26,30)(H,27,31). The molecular formula is C25H35N3O5. The Bertz CT molecular complexity index is 900. The minimum Gasteiger partial charge on any atom is -0.444 e. The van der Waals surface area contributed by atoms with Crippen molar-refractivity contribution in [1.29, 1.82) is 0 Å². The van der Waals surface area contributed by atoms with Gasteiger partial charge in [-0.25, -0.2) is 4.79 Å². The van der Waals surface area contributed by atoms with Crippen LogP contribution in [-0.2, 0) is 25.5 Å². The molecule has 1 unspecified atom stereocenters. The number of carbonyl (C=O) groups is 3. The lowest BCUT2D eigenvalue weighted by Gasteiger charge is -2.37. The lowest BCUT2D eigenvalue weighted by atomic mass is 9.88. The minimum atomic E-state index is -1.11. The number of hydrogen-bond donors (Lipinski definition) is 2. The van der Waals surface area contributed by atoms with E-state index >= 15 is 0 Å². The largest absolute Gasteiger partial charge is 0.444 e. The van der Waals surface area contributed by atoms with Crippen molar-refractivity contribution in [2.75, 3.05) is 24.7 Å². The van der Waals surface area contributed by atoms with Gasteiger partial charge >= 0.3 is 6.09 Å². The fourth-order valence-electron chi connectivity index (χ4n) is 4.08. The topological polar surface area (TPSA) is 97.0 Å². The lowest BCUT2D eigenvalue weighted by Crippen LogP contribution is -2.62. The van der Waals surface area contributed by atoms with E-state index in [1.54, 1.807) is 31.7 Å². The Morgan fingerprint density at radius 2 is 1.91 bits per heavy atom. The van der Waals surface area contributed by atoms with Gasteiger partial charge in [-0.15, -0.1) is 0 Å². The molecule has 8 nitrogen and oxygen atoms in total. The predicted molar refractivity (Wildman–Crippen MR) is 126 cm³/mol. The first kappa shape index (κ1) is 24.8. The smallest absolute Gasteiger partial charge is 0.408 e. The van der Waals surface area contributed by atoms with Crippen molar-refractivity contribution in [2.45, 2.75) is 70.6 Å². The second kappa shape index (κ2) is 10.4. The van der Waals surface area contributed by atoms with Gasteiger partial charge in [-0.2, -0.15) is 0 Å². The average molecular weight is 458 g/mol. The van der Waals surface area contributed by atoms with E-state index in [2.05, 4.69) is 10.6 Å². The highest BCUT2D eigenvalue weighted by Gasteiger charge is 2.43. The number of fused-ring (bicyclic) bond motifs is 1. The van der Waals surface area contributed by atoms with E-state index in [0.29, 0.717) is 39.0 Å². The van der Waals surface area contributed by atoms with Crippen LogP contribution in [0.3, 0.4) is 0 Å². The first-order valence-electron chi connectivity index (χ1n) is 11.6. The summed E-state index contributed by atoms with van der Waals surface area (Å²) in [7, 11) is 0. The summed E-state index contributed by atoms with van der Waals surface area (Å²) in [6.45, 7) is 8.63. The van der Waals surface area contributed by atoms with Crippen LogP contribution in [0.4, 0.5) is 10.5 Å². The number of ether oxygens (including phenoxy) is 2. The molecule has 1 aromatic rings. The molecule has 1 fully saturated rings.